The first-order valence-electron chi connectivity index (χ1n) is 7.08. The number of aryl methyl sites for hydroxylation is 1. The Labute approximate surface area is 120 Å². The van der Waals surface area contributed by atoms with E-state index >= 15 is 0 Å². The van der Waals surface area contributed by atoms with Gasteiger partial charge in [0.1, 0.15) is 0 Å². The molecule has 0 amide bonds. The van der Waals surface area contributed by atoms with Crippen LogP contribution in [0, 0.1) is 5.41 Å². The van der Waals surface area contributed by atoms with Gasteiger partial charge in [-0.05, 0) is 17.5 Å². The molecular weight excluding hydrogens is 274 g/mol. The number of benzene rings is 1. The maximum absolute atomic E-state index is 12.2. The molecule has 0 radical (unpaired) electrons. The first kappa shape index (κ1) is 15.5. The van der Waals surface area contributed by atoms with E-state index in [0.29, 0.717) is 0 Å². The first-order chi connectivity index (χ1) is 9.46. The largest absolute Gasteiger partial charge is 0.396 e. The Hall–Kier alpha value is -0.910. The van der Waals surface area contributed by atoms with Gasteiger partial charge in [0, 0.05) is 23.6 Å². The average Bonchev–Trinajstić information content (AvgIpc) is 3.18. The summed E-state index contributed by atoms with van der Waals surface area (Å²) < 4.78 is 24.5. The normalized spacial score (nSPS) is 29.4. The fraction of sp³-hybridized carbons (Fsp3) is 0.600. The standard InChI is InChI=1S/C15H23NO3S/c1-3-11-5-7-12(8-6-11)13-14(20(18,19)4-2)15(13,9-16)10-17/h5-8,13-14,17H,3-4,9-10,16H2,1-2H3/t13-,14+,15-/m1/s1. The van der Waals surface area contributed by atoms with Crippen molar-refractivity contribution in [2.45, 2.75) is 31.4 Å². The van der Waals surface area contributed by atoms with Crippen LogP contribution in [0.5, 0.6) is 0 Å². The minimum atomic E-state index is -3.21. The van der Waals surface area contributed by atoms with Gasteiger partial charge in [-0.25, -0.2) is 8.42 Å². The van der Waals surface area contributed by atoms with E-state index in [2.05, 4.69) is 6.92 Å². The van der Waals surface area contributed by atoms with Crippen LogP contribution in [-0.4, -0.2) is 37.7 Å². The number of aliphatic hydroxyl groups excluding tert-OH is 1. The van der Waals surface area contributed by atoms with E-state index in [1.54, 1.807) is 6.92 Å². The Balaban J connectivity index is 2.38. The minimum absolute atomic E-state index is 0.0863. The zero-order valence-electron chi connectivity index (χ0n) is 12.0. The van der Waals surface area contributed by atoms with E-state index in [4.69, 9.17) is 5.73 Å². The summed E-state index contributed by atoms with van der Waals surface area (Å²) in [6, 6.07) is 7.97. The molecule has 1 aromatic rings. The molecule has 1 aliphatic carbocycles. The lowest BCUT2D eigenvalue weighted by molar-refractivity contribution is 0.212. The molecule has 0 heterocycles. The fourth-order valence-corrected chi connectivity index (χ4v) is 5.32. The SMILES string of the molecule is CCc1ccc([C@@H]2[C@H](S(=O)(=O)CC)[C@]2(CN)CO)cc1. The van der Waals surface area contributed by atoms with E-state index in [0.717, 1.165) is 12.0 Å². The van der Waals surface area contributed by atoms with Gasteiger partial charge in [0.2, 0.25) is 0 Å². The molecule has 0 unspecified atom stereocenters. The molecule has 2 rings (SSSR count). The van der Waals surface area contributed by atoms with Gasteiger partial charge in [-0.15, -0.1) is 0 Å². The van der Waals surface area contributed by atoms with Crippen molar-refractivity contribution in [1.29, 1.82) is 0 Å². The number of nitrogens with two attached hydrogens (primary N) is 1. The molecule has 1 fully saturated rings. The van der Waals surface area contributed by atoms with Crippen molar-refractivity contribution in [2.75, 3.05) is 18.9 Å². The highest BCUT2D eigenvalue weighted by molar-refractivity contribution is 7.92. The molecule has 1 aliphatic rings. The Bertz CT molecular complexity index is 561. The summed E-state index contributed by atoms with van der Waals surface area (Å²) in [4.78, 5) is 0. The molecule has 1 aromatic carbocycles. The van der Waals surface area contributed by atoms with E-state index in [1.807, 2.05) is 24.3 Å². The van der Waals surface area contributed by atoms with Crippen LogP contribution >= 0.6 is 0 Å². The van der Waals surface area contributed by atoms with Gasteiger partial charge in [0.25, 0.3) is 0 Å². The molecule has 0 saturated heterocycles. The molecule has 3 N–H and O–H groups in total. The molecule has 0 aliphatic heterocycles. The molecular formula is C15H23NO3S. The summed E-state index contributed by atoms with van der Waals surface area (Å²) in [6.07, 6.45) is 0.948. The van der Waals surface area contributed by atoms with Gasteiger partial charge in [0.05, 0.1) is 11.9 Å². The molecule has 3 atom stereocenters. The monoisotopic (exact) mass is 297 g/mol. The highest BCUT2D eigenvalue weighted by Gasteiger charge is 2.69. The van der Waals surface area contributed by atoms with Crippen molar-refractivity contribution in [3.8, 4) is 0 Å². The maximum Gasteiger partial charge on any atom is 0.154 e. The summed E-state index contributed by atoms with van der Waals surface area (Å²) in [7, 11) is -3.21. The van der Waals surface area contributed by atoms with Crippen molar-refractivity contribution in [1.82, 2.24) is 0 Å². The molecule has 4 nitrogen and oxygen atoms in total. The highest BCUT2D eigenvalue weighted by atomic mass is 32.2. The Morgan fingerprint density at radius 3 is 2.25 bits per heavy atom. The van der Waals surface area contributed by atoms with Gasteiger partial charge in [-0.1, -0.05) is 38.1 Å². The lowest BCUT2D eigenvalue weighted by Gasteiger charge is -2.11. The third kappa shape index (κ3) is 2.28. The third-order valence-electron chi connectivity index (χ3n) is 4.59. The molecule has 0 bridgehead atoms. The van der Waals surface area contributed by atoms with E-state index in [-0.39, 0.29) is 24.8 Å². The van der Waals surface area contributed by atoms with Crippen LogP contribution in [-0.2, 0) is 16.3 Å². The molecule has 5 heteroatoms. The summed E-state index contributed by atoms with van der Waals surface area (Å²) in [5, 5.41) is 9.12. The molecule has 0 spiro atoms. The van der Waals surface area contributed by atoms with Crippen LogP contribution in [0.2, 0.25) is 0 Å². The van der Waals surface area contributed by atoms with Gasteiger partial charge < -0.3 is 10.8 Å². The maximum atomic E-state index is 12.2. The van der Waals surface area contributed by atoms with Crippen LogP contribution in [0.25, 0.3) is 0 Å². The molecule has 112 valence electrons. The van der Waals surface area contributed by atoms with Crippen LogP contribution in [0.1, 0.15) is 30.9 Å². The number of hydrogen-bond donors (Lipinski definition) is 2. The fourth-order valence-electron chi connectivity index (χ4n) is 3.16. The number of aliphatic hydroxyl groups is 1. The second kappa shape index (κ2) is 5.47. The predicted octanol–water partition coefficient (Wildman–Crippen LogP) is 1.09. The smallest absolute Gasteiger partial charge is 0.154 e. The van der Waals surface area contributed by atoms with Crippen molar-refractivity contribution >= 4 is 9.84 Å². The second-order valence-electron chi connectivity index (χ2n) is 5.54. The lowest BCUT2D eigenvalue weighted by atomic mass is 9.99. The van der Waals surface area contributed by atoms with Gasteiger partial charge >= 0.3 is 0 Å². The Kier molecular flexibility index (Phi) is 4.23. The summed E-state index contributed by atoms with van der Waals surface area (Å²) in [5.74, 6) is -0.100. The van der Waals surface area contributed by atoms with E-state index in [9.17, 15) is 13.5 Å². The highest BCUT2D eigenvalue weighted by Crippen LogP contribution is 2.62. The molecule has 0 aromatic heterocycles. The van der Waals surface area contributed by atoms with Gasteiger partial charge in [-0.2, -0.15) is 0 Å². The van der Waals surface area contributed by atoms with Crippen molar-refractivity contribution < 1.29 is 13.5 Å². The zero-order chi connectivity index (χ0) is 15.0. The number of sulfone groups is 1. The molecule has 1 saturated carbocycles. The van der Waals surface area contributed by atoms with Gasteiger partial charge in [0.15, 0.2) is 9.84 Å². The summed E-state index contributed by atoms with van der Waals surface area (Å²) in [6.45, 7) is 3.72. The predicted molar refractivity (Wildman–Crippen MR) is 80.4 cm³/mol. The third-order valence-corrected chi connectivity index (χ3v) is 6.91. The Morgan fingerprint density at radius 1 is 1.25 bits per heavy atom. The molecule has 20 heavy (non-hydrogen) atoms. The van der Waals surface area contributed by atoms with Crippen LogP contribution in [0.4, 0.5) is 0 Å². The average molecular weight is 297 g/mol. The lowest BCUT2D eigenvalue weighted by Crippen LogP contribution is -2.28. The second-order valence-corrected chi connectivity index (χ2v) is 7.95. The van der Waals surface area contributed by atoms with Crippen molar-refractivity contribution in [3.63, 3.8) is 0 Å². The van der Waals surface area contributed by atoms with Gasteiger partial charge in [-0.3, -0.25) is 0 Å². The van der Waals surface area contributed by atoms with E-state index < -0.39 is 20.5 Å². The zero-order valence-corrected chi connectivity index (χ0v) is 12.9. The first-order valence-corrected chi connectivity index (χ1v) is 8.79. The quantitative estimate of drug-likeness (QED) is 0.823. The summed E-state index contributed by atoms with van der Waals surface area (Å²) in [5.41, 5.74) is 7.25. The van der Waals surface area contributed by atoms with Crippen LogP contribution in [0.15, 0.2) is 24.3 Å². The van der Waals surface area contributed by atoms with Crippen LogP contribution in [0.3, 0.4) is 0 Å². The van der Waals surface area contributed by atoms with Crippen LogP contribution < -0.4 is 5.73 Å². The summed E-state index contributed by atoms with van der Waals surface area (Å²) >= 11 is 0. The van der Waals surface area contributed by atoms with Crippen molar-refractivity contribution in [3.05, 3.63) is 35.4 Å². The topological polar surface area (TPSA) is 80.4 Å². The Morgan fingerprint density at radius 2 is 1.85 bits per heavy atom. The van der Waals surface area contributed by atoms with E-state index in [1.165, 1.54) is 5.56 Å². The number of hydrogen-bond acceptors (Lipinski definition) is 4. The number of rotatable bonds is 6. The van der Waals surface area contributed by atoms with Crippen molar-refractivity contribution in [2.24, 2.45) is 11.1 Å². The minimum Gasteiger partial charge on any atom is -0.396 e.